The van der Waals surface area contributed by atoms with E-state index in [0.717, 1.165) is 27.8 Å². The maximum atomic E-state index is 12.4. The van der Waals surface area contributed by atoms with Crippen molar-refractivity contribution in [3.05, 3.63) is 87.9 Å². The Kier molecular flexibility index (Phi) is 9.32. The summed E-state index contributed by atoms with van der Waals surface area (Å²) < 4.78 is 18.0. The summed E-state index contributed by atoms with van der Waals surface area (Å²) in [5, 5.41) is 4.08. The quantitative estimate of drug-likeness (QED) is 0.254. The number of benzene rings is 3. The molecule has 33 heavy (non-hydrogen) atoms. The molecule has 1 amide bonds. The summed E-state index contributed by atoms with van der Waals surface area (Å²) in [7, 11) is 0. The largest absolute Gasteiger partial charge is 0.494 e. The molecule has 0 radical (unpaired) electrons. The fourth-order valence-electron chi connectivity index (χ4n) is 2.95. The average Bonchev–Trinajstić information content (AvgIpc) is 2.83. The highest BCUT2D eigenvalue weighted by molar-refractivity contribution is 9.10. The Morgan fingerprint density at radius 2 is 1.76 bits per heavy atom. The van der Waals surface area contributed by atoms with Gasteiger partial charge in [0.25, 0.3) is 5.91 Å². The van der Waals surface area contributed by atoms with E-state index < -0.39 is 0 Å². The molecule has 0 heterocycles. The number of hydrogen-bond donors (Lipinski definition) is 1. The molecule has 0 saturated carbocycles. The monoisotopic (exact) mass is 510 g/mol. The van der Waals surface area contributed by atoms with Gasteiger partial charge in [-0.3, -0.25) is 4.79 Å². The van der Waals surface area contributed by atoms with Crippen LogP contribution in [-0.4, -0.2) is 25.3 Å². The van der Waals surface area contributed by atoms with E-state index in [0.29, 0.717) is 36.9 Å². The molecule has 0 aliphatic heterocycles. The number of carbonyl (C=O) groups excluding carboxylic acids is 1. The standard InChI is InChI=1S/C26H27BrN2O4/c1-3-14-32-22-12-10-21(11-13-22)26(30)29-28-17-20-15-23(27)25(24(16-20)31-4-2)33-18-19-8-6-5-7-9-19/h5-13,15-17H,3-4,14,18H2,1-2H3,(H,29,30)/b28-17-. The number of carbonyl (C=O) groups is 1. The molecule has 0 fully saturated rings. The Bertz CT molecular complexity index is 1070. The van der Waals surface area contributed by atoms with Crippen molar-refractivity contribution in [2.75, 3.05) is 13.2 Å². The molecule has 7 heteroatoms. The predicted molar refractivity (Wildman–Crippen MR) is 133 cm³/mol. The molecule has 0 saturated heterocycles. The molecule has 0 aromatic heterocycles. The van der Waals surface area contributed by atoms with Crippen molar-refractivity contribution >= 4 is 28.1 Å². The summed E-state index contributed by atoms with van der Waals surface area (Å²) >= 11 is 3.56. The molecule has 0 aliphatic carbocycles. The maximum absolute atomic E-state index is 12.4. The van der Waals surface area contributed by atoms with Gasteiger partial charge in [0.1, 0.15) is 12.4 Å². The molecule has 0 atom stereocenters. The van der Waals surface area contributed by atoms with Gasteiger partial charge in [-0.2, -0.15) is 5.10 Å². The van der Waals surface area contributed by atoms with Gasteiger partial charge < -0.3 is 14.2 Å². The van der Waals surface area contributed by atoms with Crippen LogP contribution in [0.1, 0.15) is 41.8 Å². The van der Waals surface area contributed by atoms with Crippen LogP contribution in [0.5, 0.6) is 17.2 Å². The minimum atomic E-state index is -0.305. The Morgan fingerprint density at radius 3 is 2.45 bits per heavy atom. The number of hydrazone groups is 1. The molecule has 0 aliphatic rings. The van der Waals surface area contributed by atoms with E-state index >= 15 is 0 Å². The molecule has 6 nitrogen and oxygen atoms in total. The number of ether oxygens (including phenoxy) is 3. The van der Waals surface area contributed by atoms with Crippen molar-refractivity contribution in [2.45, 2.75) is 26.9 Å². The lowest BCUT2D eigenvalue weighted by atomic mass is 10.2. The third kappa shape index (κ3) is 7.36. The van der Waals surface area contributed by atoms with E-state index in [4.69, 9.17) is 14.2 Å². The van der Waals surface area contributed by atoms with Crippen LogP contribution < -0.4 is 19.6 Å². The molecule has 172 valence electrons. The van der Waals surface area contributed by atoms with Crippen LogP contribution in [-0.2, 0) is 6.61 Å². The summed E-state index contributed by atoms with van der Waals surface area (Å²) in [6.07, 6.45) is 2.49. The van der Waals surface area contributed by atoms with Crippen molar-refractivity contribution in [1.82, 2.24) is 5.43 Å². The van der Waals surface area contributed by atoms with Crippen molar-refractivity contribution in [2.24, 2.45) is 5.10 Å². The Labute approximate surface area is 202 Å². The van der Waals surface area contributed by atoms with Gasteiger partial charge in [0, 0.05) is 5.56 Å². The van der Waals surface area contributed by atoms with E-state index in [1.807, 2.05) is 56.3 Å². The normalized spacial score (nSPS) is 10.8. The van der Waals surface area contributed by atoms with Gasteiger partial charge in [0.15, 0.2) is 11.5 Å². The summed E-state index contributed by atoms with van der Waals surface area (Å²) in [5.41, 5.74) is 4.85. The highest BCUT2D eigenvalue weighted by Crippen LogP contribution is 2.37. The lowest BCUT2D eigenvalue weighted by Crippen LogP contribution is -2.17. The first-order valence-electron chi connectivity index (χ1n) is 10.8. The van der Waals surface area contributed by atoms with Gasteiger partial charge in [-0.05, 0) is 76.8 Å². The number of nitrogens with zero attached hydrogens (tertiary/aromatic N) is 1. The zero-order valence-electron chi connectivity index (χ0n) is 18.7. The van der Waals surface area contributed by atoms with Crippen LogP contribution in [0, 0.1) is 0 Å². The lowest BCUT2D eigenvalue weighted by molar-refractivity contribution is 0.0955. The lowest BCUT2D eigenvalue weighted by Gasteiger charge is -2.14. The highest BCUT2D eigenvalue weighted by Gasteiger charge is 2.12. The fraction of sp³-hybridized carbons (Fsp3) is 0.231. The third-order valence-corrected chi connectivity index (χ3v) is 5.12. The molecule has 0 bridgehead atoms. The topological polar surface area (TPSA) is 69.2 Å². The van der Waals surface area contributed by atoms with Crippen LogP contribution in [0.2, 0.25) is 0 Å². The first kappa shape index (κ1) is 24.3. The smallest absolute Gasteiger partial charge is 0.271 e. The number of hydrogen-bond acceptors (Lipinski definition) is 5. The second kappa shape index (κ2) is 12.6. The number of nitrogens with one attached hydrogen (secondary N) is 1. The average molecular weight is 511 g/mol. The predicted octanol–water partition coefficient (Wildman–Crippen LogP) is 5.98. The highest BCUT2D eigenvalue weighted by atomic mass is 79.9. The van der Waals surface area contributed by atoms with Crippen LogP contribution in [0.15, 0.2) is 76.3 Å². The van der Waals surface area contributed by atoms with E-state index in [1.54, 1.807) is 30.5 Å². The van der Waals surface area contributed by atoms with E-state index in [2.05, 4.69) is 26.5 Å². The fourth-order valence-corrected chi connectivity index (χ4v) is 3.52. The number of halogens is 1. The zero-order valence-corrected chi connectivity index (χ0v) is 20.3. The number of rotatable bonds is 11. The zero-order chi connectivity index (χ0) is 23.5. The summed E-state index contributed by atoms with van der Waals surface area (Å²) in [6.45, 7) is 5.51. The molecular formula is C26H27BrN2O4. The van der Waals surface area contributed by atoms with Crippen LogP contribution in [0.4, 0.5) is 0 Å². The van der Waals surface area contributed by atoms with Gasteiger partial charge in [-0.15, -0.1) is 0 Å². The molecule has 3 aromatic rings. The Balaban J connectivity index is 1.65. The van der Waals surface area contributed by atoms with Crippen molar-refractivity contribution in [1.29, 1.82) is 0 Å². The van der Waals surface area contributed by atoms with Gasteiger partial charge in [-0.1, -0.05) is 37.3 Å². The van der Waals surface area contributed by atoms with E-state index in [9.17, 15) is 4.79 Å². The van der Waals surface area contributed by atoms with Crippen LogP contribution in [0.25, 0.3) is 0 Å². The minimum absolute atomic E-state index is 0.305. The summed E-state index contributed by atoms with van der Waals surface area (Å²) in [6, 6.07) is 20.6. The van der Waals surface area contributed by atoms with E-state index in [1.165, 1.54) is 0 Å². The molecule has 1 N–H and O–H groups in total. The van der Waals surface area contributed by atoms with Crippen LogP contribution in [0.3, 0.4) is 0 Å². The minimum Gasteiger partial charge on any atom is -0.494 e. The van der Waals surface area contributed by atoms with Crippen molar-refractivity contribution in [3.8, 4) is 17.2 Å². The van der Waals surface area contributed by atoms with Gasteiger partial charge in [0.05, 0.1) is 23.9 Å². The van der Waals surface area contributed by atoms with Gasteiger partial charge >= 0.3 is 0 Å². The molecule has 3 aromatic carbocycles. The van der Waals surface area contributed by atoms with Gasteiger partial charge in [-0.25, -0.2) is 5.43 Å². The Morgan fingerprint density at radius 1 is 1.00 bits per heavy atom. The molecule has 0 unspecified atom stereocenters. The maximum Gasteiger partial charge on any atom is 0.271 e. The van der Waals surface area contributed by atoms with Crippen molar-refractivity contribution in [3.63, 3.8) is 0 Å². The molecular weight excluding hydrogens is 484 g/mol. The summed E-state index contributed by atoms with van der Waals surface area (Å²) in [4.78, 5) is 12.4. The number of amides is 1. The molecule has 0 spiro atoms. The van der Waals surface area contributed by atoms with E-state index in [-0.39, 0.29) is 5.91 Å². The first-order chi connectivity index (χ1) is 16.1. The van der Waals surface area contributed by atoms with Gasteiger partial charge in [0.2, 0.25) is 0 Å². The van der Waals surface area contributed by atoms with Crippen molar-refractivity contribution < 1.29 is 19.0 Å². The molecule has 3 rings (SSSR count). The Hall–Kier alpha value is -3.32. The van der Waals surface area contributed by atoms with Crippen LogP contribution >= 0.6 is 15.9 Å². The summed E-state index contributed by atoms with van der Waals surface area (Å²) in [5.74, 6) is 1.64. The second-order valence-electron chi connectivity index (χ2n) is 7.11. The SMILES string of the molecule is CCCOc1ccc(C(=O)N/N=C\c2cc(Br)c(OCc3ccccc3)c(OCC)c2)cc1. The third-order valence-electron chi connectivity index (χ3n) is 4.53. The second-order valence-corrected chi connectivity index (χ2v) is 7.96. The first-order valence-corrected chi connectivity index (χ1v) is 11.6.